The normalized spacial score (nSPS) is 11.4. The second-order valence-electron chi connectivity index (χ2n) is 5.18. The lowest BCUT2D eigenvalue weighted by atomic mass is 10.1. The van der Waals surface area contributed by atoms with Gasteiger partial charge >= 0.3 is 0 Å². The van der Waals surface area contributed by atoms with E-state index in [0.717, 1.165) is 19.3 Å². The summed E-state index contributed by atoms with van der Waals surface area (Å²) in [5, 5.41) is 0. The first-order chi connectivity index (χ1) is 10.5. The van der Waals surface area contributed by atoms with E-state index in [1.54, 1.807) is 12.1 Å². The first-order valence-electron chi connectivity index (χ1n) is 7.77. The molecule has 0 aliphatic rings. The van der Waals surface area contributed by atoms with Crippen molar-refractivity contribution in [1.29, 1.82) is 0 Å². The molecule has 6 heteroatoms. The molecule has 5 nitrogen and oxygen atoms in total. The highest BCUT2D eigenvalue weighted by atomic mass is 32.2. The molecule has 0 bridgehead atoms. The number of hydrogen-bond acceptors (Lipinski definition) is 4. The molecule has 0 spiro atoms. The van der Waals surface area contributed by atoms with Gasteiger partial charge in [0.25, 0.3) is 0 Å². The molecule has 0 radical (unpaired) electrons. The van der Waals surface area contributed by atoms with Crippen LogP contribution in [0, 0.1) is 0 Å². The van der Waals surface area contributed by atoms with Crippen LogP contribution in [0.15, 0.2) is 23.1 Å². The third-order valence-corrected chi connectivity index (χ3v) is 4.98. The van der Waals surface area contributed by atoms with Gasteiger partial charge in [0, 0.05) is 12.6 Å². The molecule has 0 heterocycles. The van der Waals surface area contributed by atoms with Gasteiger partial charge in [-0.1, -0.05) is 39.0 Å². The third-order valence-electron chi connectivity index (χ3n) is 3.48. The fraction of sp³-hybridized carbons (Fsp3) is 0.625. The first kappa shape index (κ1) is 18.8. The van der Waals surface area contributed by atoms with Crippen LogP contribution in [0.3, 0.4) is 0 Å². The summed E-state index contributed by atoms with van der Waals surface area (Å²) in [4.78, 5) is 0.141. The summed E-state index contributed by atoms with van der Waals surface area (Å²) >= 11 is 0. The number of ether oxygens (including phenoxy) is 2. The SMILES string of the molecule is CCCCCCCCNS(=O)(=O)c1ccc(OC)cc1OC. The summed E-state index contributed by atoms with van der Waals surface area (Å²) in [7, 11) is -0.583. The van der Waals surface area contributed by atoms with Gasteiger partial charge in [0.15, 0.2) is 0 Å². The van der Waals surface area contributed by atoms with Gasteiger partial charge in [-0.25, -0.2) is 13.1 Å². The zero-order valence-corrected chi connectivity index (χ0v) is 14.5. The lowest BCUT2D eigenvalue weighted by Gasteiger charge is -2.12. The van der Waals surface area contributed by atoms with Crippen LogP contribution in [0.5, 0.6) is 11.5 Å². The lowest BCUT2D eigenvalue weighted by molar-refractivity contribution is 0.386. The van der Waals surface area contributed by atoms with Crippen molar-refractivity contribution in [3.8, 4) is 11.5 Å². The Morgan fingerprint density at radius 2 is 1.68 bits per heavy atom. The van der Waals surface area contributed by atoms with E-state index in [1.165, 1.54) is 39.5 Å². The Hall–Kier alpha value is -1.27. The Balaban J connectivity index is 2.56. The summed E-state index contributed by atoms with van der Waals surface area (Å²) < 4.78 is 37.5. The van der Waals surface area contributed by atoms with Gasteiger partial charge in [-0.2, -0.15) is 0 Å². The minimum atomic E-state index is -3.56. The average Bonchev–Trinajstić information content (AvgIpc) is 2.53. The van der Waals surface area contributed by atoms with Crippen LogP contribution in [0.25, 0.3) is 0 Å². The maximum Gasteiger partial charge on any atom is 0.244 e. The van der Waals surface area contributed by atoms with Crippen LogP contribution in [-0.4, -0.2) is 29.2 Å². The highest BCUT2D eigenvalue weighted by Gasteiger charge is 2.19. The standard InChI is InChI=1S/C16H27NO4S/c1-4-5-6-7-8-9-12-17-22(18,19)16-11-10-14(20-2)13-15(16)21-3/h10-11,13,17H,4-9,12H2,1-3H3. The largest absolute Gasteiger partial charge is 0.497 e. The Morgan fingerprint density at radius 1 is 1.00 bits per heavy atom. The van der Waals surface area contributed by atoms with E-state index in [4.69, 9.17) is 9.47 Å². The van der Waals surface area contributed by atoms with Crippen LogP contribution >= 0.6 is 0 Å². The van der Waals surface area contributed by atoms with Gasteiger partial charge in [-0.15, -0.1) is 0 Å². The second kappa shape index (κ2) is 9.69. The monoisotopic (exact) mass is 329 g/mol. The number of nitrogens with one attached hydrogen (secondary N) is 1. The van der Waals surface area contributed by atoms with Crippen molar-refractivity contribution in [1.82, 2.24) is 4.72 Å². The molecule has 0 atom stereocenters. The molecular weight excluding hydrogens is 302 g/mol. The van der Waals surface area contributed by atoms with Crippen molar-refractivity contribution in [3.63, 3.8) is 0 Å². The van der Waals surface area contributed by atoms with Crippen LogP contribution in [0.4, 0.5) is 0 Å². The van der Waals surface area contributed by atoms with Crippen molar-refractivity contribution in [2.75, 3.05) is 20.8 Å². The Bertz CT molecular complexity index is 543. The van der Waals surface area contributed by atoms with E-state index in [0.29, 0.717) is 12.3 Å². The molecule has 22 heavy (non-hydrogen) atoms. The maximum atomic E-state index is 12.3. The molecule has 0 saturated heterocycles. The van der Waals surface area contributed by atoms with E-state index >= 15 is 0 Å². The molecular formula is C16H27NO4S. The van der Waals surface area contributed by atoms with Gasteiger partial charge in [0.1, 0.15) is 16.4 Å². The van der Waals surface area contributed by atoms with E-state index in [9.17, 15) is 8.42 Å². The lowest BCUT2D eigenvalue weighted by Crippen LogP contribution is -2.25. The fourth-order valence-corrected chi connectivity index (χ4v) is 3.41. The number of rotatable bonds is 11. The predicted octanol–water partition coefficient (Wildman–Crippen LogP) is 3.34. The van der Waals surface area contributed by atoms with Crippen LogP contribution in [0.2, 0.25) is 0 Å². The quantitative estimate of drug-likeness (QED) is 0.632. The molecule has 1 rings (SSSR count). The van der Waals surface area contributed by atoms with E-state index < -0.39 is 10.0 Å². The number of unbranched alkanes of at least 4 members (excludes halogenated alkanes) is 5. The van der Waals surface area contributed by atoms with Crippen molar-refractivity contribution in [3.05, 3.63) is 18.2 Å². The van der Waals surface area contributed by atoms with E-state index in [-0.39, 0.29) is 10.6 Å². The fourth-order valence-electron chi connectivity index (χ4n) is 2.19. The topological polar surface area (TPSA) is 64.6 Å². The summed E-state index contributed by atoms with van der Waals surface area (Å²) in [6.45, 7) is 2.63. The zero-order valence-electron chi connectivity index (χ0n) is 13.7. The number of benzene rings is 1. The van der Waals surface area contributed by atoms with Gasteiger partial charge in [0.05, 0.1) is 14.2 Å². The summed E-state index contributed by atoms with van der Waals surface area (Å²) in [5.41, 5.74) is 0. The van der Waals surface area contributed by atoms with Crippen molar-refractivity contribution in [2.24, 2.45) is 0 Å². The average molecular weight is 329 g/mol. The molecule has 0 amide bonds. The van der Waals surface area contributed by atoms with Crippen LogP contribution in [-0.2, 0) is 10.0 Å². The highest BCUT2D eigenvalue weighted by molar-refractivity contribution is 7.89. The third kappa shape index (κ3) is 5.85. The Labute approximate surface area is 134 Å². The van der Waals surface area contributed by atoms with Crippen molar-refractivity contribution in [2.45, 2.75) is 50.3 Å². The zero-order chi connectivity index (χ0) is 16.4. The highest BCUT2D eigenvalue weighted by Crippen LogP contribution is 2.28. The van der Waals surface area contributed by atoms with E-state index in [1.807, 2.05) is 0 Å². The molecule has 0 aliphatic carbocycles. The molecule has 0 saturated carbocycles. The molecule has 0 aromatic heterocycles. The van der Waals surface area contributed by atoms with Crippen LogP contribution < -0.4 is 14.2 Å². The van der Waals surface area contributed by atoms with Crippen molar-refractivity contribution >= 4 is 10.0 Å². The summed E-state index contributed by atoms with van der Waals surface area (Å²) in [6.07, 6.45) is 6.72. The Kier molecular flexibility index (Phi) is 8.27. The minimum absolute atomic E-state index is 0.141. The minimum Gasteiger partial charge on any atom is -0.497 e. The molecule has 1 aromatic carbocycles. The molecule has 0 aliphatic heterocycles. The molecule has 1 N–H and O–H groups in total. The van der Waals surface area contributed by atoms with Gasteiger partial charge in [0.2, 0.25) is 10.0 Å². The maximum absolute atomic E-state index is 12.3. The smallest absolute Gasteiger partial charge is 0.244 e. The number of methoxy groups -OCH3 is 2. The van der Waals surface area contributed by atoms with E-state index in [2.05, 4.69) is 11.6 Å². The predicted molar refractivity (Wildman–Crippen MR) is 88.1 cm³/mol. The summed E-state index contributed by atoms with van der Waals surface area (Å²) in [6, 6.07) is 4.68. The Morgan fingerprint density at radius 3 is 2.32 bits per heavy atom. The van der Waals surface area contributed by atoms with Crippen molar-refractivity contribution < 1.29 is 17.9 Å². The number of sulfonamides is 1. The first-order valence-corrected chi connectivity index (χ1v) is 9.25. The summed E-state index contributed by atoms with van der Waals surface area (Å²) in [5.74, 6) is 0.849. The molecule has 1 aromatic rings. The van der Waals surface area contributed by atoms with Gasteiger partial charge in [-0.05, 0) is 18.6 Å². The van der Waals surface area contributed by atoms with Gasteiger partial charge < -0.3 is 9.47 Å². The van der Waals surface area contributed by atoms with Crippen LogP contribution in [0.1, 0.15) is 45.4 Å². The molecule has 0 unspecified atom stereocenters. The second-order valence-corrected chi connectivity index (χ2v) is 6.92. The van der Waals surface area contributed by atoms with Gasteiger partial charge in [-0.3, -0.25) is 0 Å². The number of hydrogen-bond donors (Lipinski definition) is 1. The molecule has 0 fully saturated rings. The molecule has 126 valence electrons.